The Morgan fingerprint density at radius 3 is 2.62 bits per heavy atom. The molecule has 0 spiro atoms. The van der Waals surface area contributed by atoms with Crippen molar-refractivity contribution in [1.29, 1.82) is 0 Å². The molecule has 0 aliphatic carbocycles. The minimum absolute atomic E-state index is 0.198. The van der Waals surface area contributed by atoms with Crippen LogP contribution in [0.4, 0.5) is 0 Å². The van der Waals surface area contributed by atoms with Gasteiger partial charge in [0.1, 0.15) is 29.6 Å². The van der Waals surface area contributed by atoms with Gasteiger partial charge in [0.15, 0.2) is 0 Å². The summed E-state index contributed by atoms with van der Waals surface area (Å²) in [5.41, 5.74) is 1.71. The third-order valence-corrected chi connectivity index (χ3v) is 4.75. The molecular formula is C21H25NO4. The van der Waals surface area contributed by atoms with Crippen LogP contribution in [0.15, 0.2) is 46.9 Å². The van der Waals surface area contributed by atoms with Crippen LogP contribution in [0.2, 0.25) is 0 Å². The average molecular weight is 355 g/mol. The normalized spacial score (nSPS) is 22.7. The van der Waals surface area contributed by atoms with Crippen LogP contribution >= 0.6 is 0 Å². The van der Waals surface area contributed by atoms with Crippen LogP contribution in [0.5, 0.6) is 5.75 Å². The van der Waals surface area contributed by atoms with Gasteiger partial charge >= 0.3 is 0 Å². The predicted octanol–water partition coefficient (Wildman–Crippen LogP) is 3.43. The molecule has 0 unspecified atom stereocenters. The van der Waals surface area contributed by atoms with Gasteiger partial charge in [-0.2, -0.15) is 0 Å². The van der Waals surface area contributed by atoms with E-state index in [2.05, 4.69) is 18.7 Å². The van der Waals surface area contributed by atoms with Gasteiger partial charge < -0.3 is 19.0 Å². The molecule has 1 aromatic heterocycles. The summed E-state index contributed by atoms with van der Waals surface area (Å²) >= 11 is 0. The van der Waals surface area contributed by atoms with E-state index in [9.17, 15) is 5.11 Å². The second kappa shape index (κ2) is 7.27. The zero-order valence-corrected chi connectivity index (χ0v) is 15.2. The SMILES string of the molecule is C[C@@H]1CN(C[C@H](O)COc2ccc3oc4ccccc4c3c2)C[C@H](C)O1. The van der Waals surface area contributed by atoms with Gasteiger partial charge in [-0.3, -0.25) is 4.90 Å². The second-order valence-electron chi connectivity index (χ2n) is 7.20. The van der Waals surface area contributed by atoms with Crippen LogP contribution in [0, 0.1) is 0 Å². The van der Waals surface area contributed by atoms with E-state index in [0.29, 0.717) is 6.54 Å². The standard InChI is InChI=1S/C21H25NO4/c1-14-10-22(11-15(2)25-14)12-16(23)13-24-17-7-8-21-19(9-17)18-5-3-4-6-20(18)26-21/h3-9,14-16,23H,10-13H2,1-2H3/t14-,15+,16-/m0/s1. The molecule has 1 aliphatic rings. The number of hydrogen-bond acceptors (Lipinski definition) is 5. The van der Waals surface area contributed by atoms with Gasteiger partial charge in [0.05, 0.1) is 12.2 Å². The van der Waals surface area contributed by atoms with Crippen LogP contribution in [0.3, 0.4) is 0 Å². The number of furan rings is 1. The lowest BCUT2D eigenvalue weighted by Crippen LogP contribution is -2.48. The van der Waals surface area contributed by atoms with E-state index in [0.717, 1.165) is 40.8 Å². The number of ether oxygens (including phenoxy) is 2. The van der Waals surface area contributed by atoms with Crippen molar-refractivity contribution in [2.45, 2.75) is 32.2 Å². The van der Waals surface area contributed by atoms with Crippen LogP contribution in [0.25, 0.3) is 21.9 Å². The first kappa shape index (κ1) is 17.3. The molecule has 1 fully saturated rings. The molecule has 0 bridgehead atoms. The largest absolute Gasteiger partial charge is 0.491 e. The summed E-state index contributed by atoms with van der Waals surface area (Å²) in [6, 6.07) is 13.8. The Morgan fingerprint density at radius 1 is 1.08 bits per heavy atom. The maximum atomic E-state index is 10.4. The second-order valence-corrected chi connectivity index (χ2v) is 7.20. The number of morpholine rings is 1. The molecule has 1 N–H and O–H groups in total. The number of fused-ring (bicyclic) bond motifs is 3. The molecule has 5 nitrogen and oxygen atoms in total. The zero-order valence-electron chi connectivity index (χ0n) is 15.2. The first-order valence-electron chi connectivity index (χ1n) is 9.18. The lowest BCUT2D eigenvalue weighted by Gasteiger charge is -2.36. The fraction of sp³-hybridized carbons (Fsp3) is 0.429. The molecule has 3 aromatic rings. The number of rotatable bonds is 5. The minimum Gasteiger partial charge on any atom is -0.491 e. The van der Waals surface area contributed by atoms with Crippen molar-refractivity contribution in [3.05, 3.63) is 42.5 Å². The molecule has 138 valence electrons. The van der Waals surface area contributed by atoms with Gasteiger partial charge in [-0.25, -0.2) is 0 Å². The molecule has 26 heavy (non-hydrogen) atoms. The van der Waals surface area contributed by atoms with Gasteiger partial charge in [-0.05, 0) is 38.1 Å². The summed E-state index contributed by atoms with van der Waals surface area (Å²) in [6.07, 6.45) is -0.142. The number of benzene rings is 2. The van der Waals surface area contributed by atoms with E-state index < -0.39 is 6.10 Å². The smallest absolute Gasteiger partial charge is 0.135 e. The molecule has 4 rings (SSSR count). The fourth-order valence-electron chi connectivity index (χ4n) is 3.77. The summed E-state index contributed by atoms with van der Waals surface area (Å²) in [4.78, 5) is 2.24. The van der Waals surface area contributed by atoms with E-state index in [-0.39, 0.29) is 18.8 Å². The summed E-state index contributed by atoms with van der Waals surface area (Å²) in [5, 5.41) is 12.5. The van der Waals surface area contributed by atoms with E-state index in [1.807, 2.05) is 42.5 Å². The predicted molar refractivity (Wildman–Crippen MR) is 102 cm³/mol. The first-order valence-corrected chi connectivity index (χ1v) is 9.18. The summed E-state index contributed by atoms with van der Waals surface area (Å²) in [7, 11) is 0. The molecule has 0 radical (unpaired) electrons. The number of β-amino-alcohol motifs (C(OH)–C–C–N with tert-alkyl or cyclic N) is 1. The fourth-order valence-corrected chi connectivity index (χ4v) is 3.77. The Bertz CT molecular complexity index is 880. The van der Waals surface area contributed by atoms with Gasteiger partial charge in [0, 0.05) is 30.4 Å². The van der Waals surface area contributed by atoms with E-state index >= 15 is 0 Å². The van der Waals surface area contributed by atoms with E-state index in [1.54, 1.807) is 0 Å². The molecule has 1 aliphatic heterocycles. The molecule has 2 heterocycles. The molecule has 5 heteroatoms. The number of hydrogen-bond donors (Lipinski definition) is 1. The lowest BCUT2D eigenvalue weighted by atomic mass is 10.1. The highest BCUT2D eigenvalue weighted by Gasteiger charge is 2.24. The highest BCUT2D eigenvalue weighted by atomic mass is 16.5. The first-order chi connectivity index (χ1) is 12.6. The minimum atomic E-state index is -0.538. The van der Waals surface area contributed by atoms with Crippen LogP contribution < -0.4 is 4.74 Å². The van der Waals surface area contributed by atoms with Crippen molar-refractivity contribution < 1.29 is 19.0 Å². The van der Waals surface area contributed by atoms with Gasteiger partial charge in [-0.15, -0.1) is 0 Å². The average Bonchev–Trinajstić information content (AvgIpc) is 2.97. The van der Waals surface area contributed by atoms with E-state index in [4.69, 9.17) is 13.9 Å². The number of para-hydroxylation sites is 1. The maximum absolute atomic E-state index is 10.4. The number of aliphatic hydroxyl groups is 1. The van der Waals surface area contributed by atoms with Crippen molar-refractivity contribution in [2.24, 2.45) is 0 Å². The van der Waals surface area contributed by atoms with Gasteiger partial charge in [0.25, 0.3) is 0 Å². The highest BCUT2D eigenvalue weighted by Crippen LogP contribution is 2.31. The molecule has 1 saturated heterocycles. The Kier molecular flexibility index (Phi) is 4.85. The van der Waals surface area contributed by atoms with Crippen molar-refractivity contribution >= 4 is 21.9 Å². The van der Waals surface area contributed by atoms with Crippen molar-refractivity contribution in [1.82, 2.24) is 4.90 Å². The summed E-state index contributed by atoms with van der Waals surface area (Å²) in [5.74, 6) is 0.742. The lowest BCUT2D eigenvalue weighted by molar-refractivity contribution is -0.0786. The van der Waals surface area contributed by atoms with Gasteiger partial charge in [-0.1, -0.05) is 18.2 Å². The summed E-state index contributed by atoms with van der Waals surface area (Å²) in [6.45, 7) is 6.67. The Hall–Kier alpha value is -2.08. The van der Waals surface area contributed by atoms with Crippen LogP contribution in [0.1, 0.15) is 13.8 Å². The monoisotopic (exact) mass is 355 g/mol. The molecular weight excluding hydrogens is 330 g/mol. The maximum Gasteiger partial charge on any atom is 0.135 e. The van der Waals surface area contributed by atoms with Crippen molar-refractivity contribution in [2.75, 3.05) is 26.2 Å². The number of nitrogens with zero attached hydrogens (tertiary/aromatic N) is 1. The third kappa shape index (κ3) is 3.70. The van der Waals surface area contributed by atoms with Crippen LogP contribution in [-0.4, -0.2) is 54.6 Å². The van der Waals surface area contributed by atoms with Crippen LogP contribution in [-0.2, 0) is 4.74 Å². The third-order valence-electron chi connectivity index (χ3n) is 4.75. The Labute approximate surface area is 153 Å². The van der Waals surface area contributed by atoms with Gasteiger partial charge in [0.2, 0.25) is 0 Å². The van der Waals surface area contributed by atoms with Crippen molar-refractivity contribution in [3.63, 3.8) is 0 Å². The molecule has 2 aromatic carbocycles. The molecule has 3 atom stereocenters. The Morgan fingerprint density at radius 2 is 1.81 bits per heavy atom. The summed E-state index contributed by atoms with van der Waals surface area (Å²) < 4.78 is 17.4. The number of aliphatic hydroxyl groups excluding tert-OH is 1. The highest BCUT2D eigenvalue weighted by molar-refractivity contribution is 6.05. The topological polar surface area (TPSA) is 55.1 Å². The van der Waals surface area contributed by atoms with Crippen molar-refractivity contribution in [3.8, 4) is 5.75 Å². The Balaban J connectivity index is 1.40. The molecule has 0 amide bonds. The van der Waals surface area contributed by atoms with E-state index in [1.165, 1.54) is 0 Å². The molecule has 0 saturated carbocycles. The zero-order chi connectivity index (χ0) is 18.1. The quantitative estimate of drug-likeness (QED) is 0.760.